The Hall–Kier alpha value is -1.80. The fourth-order valence-corrected chi connectivity index (χ4v) is 2.48. The molecule has 0 amide bonds. The topological polar surface area (TPSA) is 20.3 Å². The lowest BCUT2D eigenvalue weighted by molar-refractivity contribution is 0.101. The fourth-order valence-electron chi connectivity index (χ4n) is 2.18. The van der Waals surface area contributed by atoms with Crippen LogP contribution in [0.3, 0.4) is 0 Å². The van der Waals surface area contributed by atoms with E-state index in [0.717, 1.165) is 18.8 Å². The minimum Gasteiger partial charge on any atom is -0.367 e. The molecule has 104 valence electrons. The number of rotatable bonds is 5. The molecule has 0 unspecified atom stereocenters. The van der Waals surface area contributed by atoms with E-state index in [1.807, 2.05) is 30.3 Å². The normalized spacial score (nSPS) is 10.3. The Balaban J connectivity index is 2.24. The van der Waals surface area contributed by atoms with Crippen molar-refractivity contribution in [1.29, 1.82) is 0 Å². The Morgan fingerprint density at radius 2 is 1.85 bits per heavy atom. The van der Waals surface area contributed by atoms with E-state index in [2.05, 4.69) is 24.0 Å². The van der Waals surface area contributed by atoms with Crippen LogP contribution < -0.4 is 4.90 Å². The van der Waals surface area contributed by atoms with E-state index >= 15 is 0 Å². The van der Waals surface area contributed by atoms with Crippen molar-refractivity contribution in [3.8, 4) is 0 Å². The SMILES string of the molecule is CCN(Cc1ccccc1)c1ccc(C(C)=O)c(Cl)c1. The molecule has 2 rings (SSSR count). The van der Waals surface area contributed by atoms with Crippen LogP contribution in [0, 0.1) is 0 Å². The van der Waals surface area contributed by atoms with Crippen molar-refractivity contribution in [3.05, 3.63) is 64.7 Å². The number of anilines is 1. The molecule has 0 radical (unpaired) electrons. The molecule has 0 heterocycles. The van der Waals surface area contributed by atoms with Gasteiger partial charge in [-0.05, 0) is 37.6 Å². The van der Waals surface area contributed by atoms with Gasteiger partial charge >= 0.3 is 0 Å². The Labute approximate surface area is 125 Å². The van der Waals surface area contributed by atoms with Crippen LogP contribution in [0.2, 0.25) is 5.02 Å². The number of hydrogen-bond donors (Lipinski definition) is 0. The third kappa shape index (κ3) is 3.40. The molecule has 0 bridgehead atoms. The second kappa shape index (κ2) is 6.58. The largest absolute Gasteiger partial charge is 0.367 e. The number of ketones is 1. The van der Waals surface area contributed by atoms with E-state index in [4.69, 9.17) is 11.6 Å². The van der Waals surface area contributed by atoms with Crippen LogP contribution in [0.25, 0.3) is 0 Å². The molecule has 0 saturated heterocycles. The highest BCUT2D eigenvalue weighted by Crippen LogP contribution is 2.25. The molecule has 0 aromatic heterocycles. The van der Waals surface area contributed by atoms with Crippen molar-refractivity contribution in [3.63, 3.8) is 0 Å². The minimum absolute atomic E-state index is 0.00680. The summed E-state index contributed by atoms with van der Waals surface area (Å²) in [6, 6.07) is 15.9. The summed E-state index contributed by atoms with van der Waals surface area (Å²) in [4.78, 5) is 13.6. The lowest BCUT2D eigenvalue weighted by atomic mass is 10.1. The van der Waals surface area contributed by atoms with Crippen molar-refractivity contribution in [2.45, 2.75) is 20.4 Å². The molecular weight excluding hydrogens is 270 g/mol. The van der Waals surface area contributed by atoms with E-state index in [9.17, 15) is 4.79 Å². The number of halogens is 1. The maximum Gasteiger partial charge on any atom is 0.161 e. The first-order valence-corrected chi connectivity index (χ1v) is 7.09. The van der Waals surface area contributed by atoms with Crippen LogP contribution in [0.15, 0.2) is 48.5 Å². The molecular formula is C17H18ClNO. The number of carbonyl (C=O) groups is 1. The molecule has 20 heavy (non-hydrogen) atoms. The van der Waals surface area contributed by atoms with Crippen LogP contribution in [0.4, 0.5) is 5.69 Å². The third-order valence-corrected chi connectivity index (χ3v) is 3.61. The maximum atomic E-state index is 11.4. The van der Waals surface area contributed by atoms with Gasteiger partial charge in [-0.1, -0.05) is 41.9 Å². The van der Waals surface area contributed by atoms with Gasteiger partial charge in [0.25, 0.3) is 0 Å². The number of hydrogen-bond acceptors (Lipinski definition) is 2. The molecule has 0 atom stereocenters. The van der Waals surface area contributed by atoms with Crippen molar-refractivity contribution in [1.82, 2.24) is 0 Å². The first-order chi connectivity index (χ1) is 9.61. The summed E-state index contributed by atoms with van der Waals surface area (Å²) in [5.41, 5.74) is 2.86. The van der Waals surface area contributed by atoms with Crippen molar-refractivity contribution < 1.29 is 4.79 Å². The first kappa shape index (κ1) is 14.6. The highest BCUT2D eigenvalue weighted by Gasteiger charge is 2.10. The van der Waals surface area contributed by atoms with Crippen LogP contribution in [0.5, 0.6) is 0 Å². The Morgan fingerprint density at radius 3 is 2.40 bits per heavy atom. The average molecular weight is 288 g/mol. The molecule has 0 aliphatic carbocycles. The Morgan fingerprint density at radius 1 is 1.15 bits per heavy atom. The van der Waals surface area contributed by atoms with E-state index < -0.39 is 0 Å². The van der Waals surface area contributed by atoms with E-state index in [0.29, 0.717) is 10.6 Å². The number of nitrogens with zero attached hydrogens (tertiary/aromatic N) is 1. The smallest absolute Gasteiger partial charge is 0.161 e. The van der Waals surface area contributed by atoms with Gasteiger partial charge in [-0.25, -0.2) is 0 Å². The van der Waals surface area contributed by atoms with Crippen LogP contribution >= 0.6 is 11.6 Å². The van der Waals surface area contributed by atoms with Gasteiger partial charge in [0.05, 0.1) is 5.02 Å². The van der Waals surface area contributed by atoms with Crippen molar-refractivity contribution in [2.24, 2.45) is 0 Å². The zero-order chi connectivity index (χ0) is 14.5. The quantitative estimate of drug-likeness (QED) is 0.751. The summed E-state index contributed by atoms with van der Waals surface area (Å²) in [5.74, 6) is -0.00680. The summed E-state index contributed by atoms with van der Waals surface area (Å²) >= 11 is 6.18. The van der Waals surface area contributed by atoms with E-state index in [1.54, 1.807) is 6.07 Å². The Bertz CT molecular complexity index is 595. The van der Waals surface area contributed by atoms with Crippen molar-refractivity contribution >= 4 is 23.1 Å². The Kier molecular flexibility index (Phi) is 4.80. The molecule has 3 heteroatoms. The van der Waals surface area contributed by atoms with Gasteiger partial charge in [-0.15, -0.1) is 0 Å². The average Bonchev–Trinajstić information content (AvgIpc) is 2.45. The number of benzene rings is 2. The molecule has 0 aliphatic rings. The third-order valence-electron chi connectivity index (χ3n) is 3.30. The minimum atomic E-state index is -0.00680. The van der Waals surface area contributed by atoms with Gasteiger partial charge in [-0.2, -0.15) is 0 Å². The summed E-state index contributed by atoms with van der Waals surface area (Å²) in [6.45, 7) is 5.34. The lowest BCUT2D eigenvalue weighted by Crippen LogP contribution is -2.22. The summed E-state index contributed by atoms with van der Waals surface area (Å²) < 4.78 is 0. The van der Waals surface area contributed by atoms with Gasteiger partial charge in [0.2, 0.25) is 0 Å². The monoisotopic (exact) mass is 287 g/mol. The maximum absolute atomic E-state index is 11.4. The van der Waals surface area contributed by atoms with E-state index in [1.165, 1.54) is 12.5 Å². The highest BCUT2D eigenvalue weighted by molar-refractivity contribution is 6.34. The molecule has 0 fully saturated rings. The molecule has 2 aromatic carbocycles. The first-order valence-electron chi connectivity index (χ1n) is 6.71. The van der Waals surface area contributed by atoms with Crippen molar-refractivity contribution in [2.75, 3.05) is 11.4 Å². The number of Topliss-reactive ketones (excluding diaryl/α,β-unsaturated/α-hetero) is 1. The predicted molar refractivity (Wildman–Crippen MR) is 84.6 cm³/mol. The second-order valence-corrected chi connectivity index (χ2v) is 5.13. The molecule has 2 nitrogen and oxygen atoms in total. The lowest BCUT2D eigenvalue weighted by Gasteiger charge is -2.24. The van der Waals surface area contributed by atoms with Gasteiger partial charge in [-0.3, -0.25) is 4.79 Å². The van der Waals surface area contributed by atoms with Crippen LogP contribution in [-0.2, 0) is 6.54 Å². The fraction of sp³-hybridized carbons (Fsp3) is 0.235. The van der Waals surface area contributed by atoms with Crippen LogP contribution in [-0.4, -0.2) is 12.3 Å². The summed E-state index contributed by atoms with van der Waals surface area (Å²) in [7, 11) is 0. The van der Waals surface area contributed by atoms with Gasteiger partial charge in [0, 0.05) is 24.3 Å². The zero-order valence-corrected chi connectivity index (χ0v) is 12.5. The summed E-state index contributed by atoms with van der Waals surface area (Å²) in [5, 5.41) is 0.515. The predicted octanol–water partition coefficient (Wildman–Crippen LogP) is 4.57. The zero-order valence-electron chi connectivity index (χ0n) is 11.8. The standard InChI is InChI=1S/C17H18ClNO/c1-3-19(12-14-7-5-4-6-8-14)15-9-10-16(13(2)20)17(18)11-15/h4-11H,3,12H2,1-2H3. The molecule has 0 aliphatic heterocycles. The van der Waals surface area contributed by atoms with Gasteiger partial charge in [0.15, 0.2) is 5.78 Å². The molecule has 2 aromatic rings. The van der Waals surface area contributed by atoms with Gasteiger partial charge in [0.1, 0.15) is 0 Å². The molecule has 0 spiro atoms. The summed E-state index contributed by atoms with van der Waals surface area (Å²) in [6.07, 6.45) is 0. The van der Waals surface area contributed by atoms with E-state index in [-0.39, 0.29) is 5.78 Å². The second-order valence-electron chi connectivity index (χ2n) is 4.72. The number of carbonyl (C=O) groups excluding carboxylic acids is 1. The highest BCUT2D eigenvalue weighted by atomic mass is 35.5. The molecule has 0 saturated carbocycles. The van der Waals surface area contributed by atoms with Crippen LogP contribution in [0.1, 0.15) is 29.8 Å². The molecule has 0 N–H and O–H groups in total. The van der Waals surface area contributed by atoms with Gasteiger partial charge < -0.3 is 4.90 Å².